The maximum Gasteiger partial charge on any atom is 0.269 e. The molecule has 0 saturated heterocycles. The molecule has 7 nitrogen and oxygen atoms in total. The highest BCUT2D eigenvalue weighted by atomic mass is 16.2. The number of imide groups is 1. The van der Waals surface area contributed by atoms with Crippen molar-refractivity contribution in [2.45, 2.75) is 26.8 Å². The Labute approximate surface area is 162 Å². The molecule has 0 atom stereocenters. The van der Waals surface area contributed by atoms with Crippen molar-refractivity contribution >= 4 is 23.6 Å². The zero-order valence-electron chi connectivity index (χ0n) is 15.7. The summed E-state index contributed by atoms with van der Waals surface area (Å²) in [6, 6.07) is 13.2. The molecule has 1 heterocycles. The molecule has 7 heteroatoms. The lowest BCUT2D eigenvalue weighted by atomic mass is 10.1. The normalized spacial score (nSPS) is 12.9. The van der Waals surface area contributed by atoms with E-state index < -0.39 is 5.91 Å². The van der Waals surface area contributed by atoms with Crippen LogP contribution in [0.25, 0.3) is 0 Å². The predicted octanol–water partition coefficient (Wildman–Crippen LogP) is 2.29. The molecule has 0 radical (unpaired) electrons. The molecule has 2 aromatic carbocycles. The molecule has 28 heavy (non-hydrogen) atoms. The lowest BCUT2D eigenvalue weighted by molar-refractivity contribution is -0.122. The predicted molar refractivity (Wildman–Crippen MR) is 102 cm³/mol. The van der Waals surface area contributed by atoms with Gasteiger partial charge in [0.25, 0.3) is 17.7 Å². The maximum atomic E-state index is 12.4. The number of rotatable bonds is 5. The molecule has 0 aromatic heterocycles. The van der Waals surface area contributed by atoms with Gasteiger partial charge in [-0.3, -0.25) is 34.9 Å². The monoisotopic (exact) mass is 379 g/mol. The molecule has 0 bridgehead atoms. The zero-order chi connectivity index (χ0) is 20.3. The van der Waals surface area contributed by atoms with Gasteiger partial charge >= 0.3 is 0 Å². The van der Waals surface area contributed by atoms with Crippen LogP contribution in [0.5, 0.6) is 0 Å². The van der Waals surface area contributed by atoms with Gasteiger partial charge in [-0.15, -0.1) is 0 Å². The number of amides is 4. The summed E-state index contributed by atoms with van der Waals surface area (Å²) in [6.07, 6.45) is 0.319. The van der Waals surface area contributed by atoms with E-state index >= 15 is 0 Å². The van der Waals surface area contributed by atoms with E-state index in [2.05, 4.69) is 10.9 Å². The highest BCUT2D eigenvalue weighted by Gasteiger charge is 2.34. The Bertz CT molecular complexity index is 900. The summed E-state index contributed by atoms with van der Waals surface area (Å²) < 4.78 is 0. The van der Waals surface area contributed by atoms with Crippen molar-refractivity contribution in [3.8, 4) is 0 Å². The van der Waals surface area contributed by atoms with Crippen molar-refractivity contribution in [2.75, 3.05) is 0 Å². The number of nitrogens with one attached hydrogen (secondary N) is 2. The minimum absolute atomic E-state index is 0.124. The second-order valence-corrected chi connectivity index (χ2v) is 7.04. The number of benzene rings is 2. The summed E-state index contributed by atoms with van der Waals surface area (Å²) in [5, 5.41) is 0. The highest BCUT2D eigenvalue weighted by Crippen LogP contribution is 2.24. The molecule has 0 unspecified atom stereocenters. The van der Waals surface area contributed by atoms with Gasteiger partial charge in [-0.05, 0) is 35.7 Å². The van der Waals surface area contributed by atoms with Crippen LogP contribution in [-0.4, -0.2) is 28.5 Å². The van der Waals surface area contributed by atoms with Crippen LogP contribution >= 0.6 is 0 Å². The number of carbonyl (C=O) groups is 4. The number of hydrazine groups is 1. The zero-order valence-corrected chi connectivity index (χ0v) is 15.7. The Kier molecular flexibility index (Phi) is 5.54. The maximum absolute atomic E-state index is 12.4. The fourth-order valence-corrected chi connectivity index (χ4v) is 2.95. The summed E-state index contributed by atoms with van der Waals surface area (Å²) in [4.78, 5) is 49.7. The lowest BCUT2D eigenvalue weighted by Gasteiger charge is -2.14. The van der Waals surface area contributed by atoms with E-state index in [9.17, 15) is 19.2 Å². The van der Waals surface area contributed by atoms with Gasteiger partial charge in [0.05, 0.1) is 17.7 Å². The first-order valence-electron chi connectivity index (χ1n) is 9.00. The van der Waals surface area contributed by atoms with Gasteiger partial charge in [0.1, 0.15) is 0 Å². The van der Waals surface area contributed by atoms with Crippen molar-refractivity contribution in [1.29, 1.82) is 0 Å². The fourth-order valence-electron chi connectivity index (χ4n) is 2.95. The topological polar surface area (TPSA) is 95.6 Å². The second kappa shape index (κ2) is 8.04. The standard InChI is InChI=1S/C21H21N3O4/c1-13(2)11-18(25)22-23-19(26)15-9-7-14(8-10-15)12-24-20(27)16-5-3-4-6-17(16)21(24)28/h3-10,13H,11-12H2,1-2H3,(H,22,25)(H,23,26). The number of hydrogen-bond donors (Lipinski definition) is 2. The third-order valence-corrected chi connectivity index (χ3v) is 4.34. The number of hydrogen-bond acceptors (Lipinski definition) is 4. The summed E-state index contributed by atoms with van der Waals surface area (Å²) in [7, 11) is 0. The van der Waals surface area contributed by atoms with E-state index in [1.807, 2.05) is 13.8 Å². The van der Waals surface area contributed by atoms with Gasteiger partial charge in [-0.25, -0.2) is 0 Å². The Balaban J connectivity index is 1.61. The molecular formula is C21H21N3O4. The average molecular weight is 379 g/mol. The first-order chi connectivity index (χ1) is 13.4. The third-order valence-electron chi connectivity index (χ3n) is 4.34. The molecule has 0 spiro atoms. The summed E-state index contributed by atoms with van der Waals surface area (Å²) in [6.45, 7) is 3.95. The van der Waals surface area contributed by atoms with E-state index in [1.165, 1.54) is 4.90 Å². The fraction of sp³-hybridized carbons (Fsp3) is 0.238. The van der Waals surface area contributed by atoms with Gasteiger partial charge in [0.2, 0.25) is 5.91 Å². The second-order valence-electron chi connectivity index (χ2n) is 7.04. The van der Waals surface area contributed by atoms with Crippen LogP contribution in [0.3, 0.4) is 0 Å². The molecule has 2 N–H and O–H groups in total. The van der Waals surface area contributed by atoms with Crippen LogP contribution in [0.4, 0.5) is 0 Å². The largest absolute Gasteiger partial charge is 0.273 e. The Hall–Kier alpha value is -3.48. The Morgan fingerprint density at radius 3 is 2.00 bits per heavy atom. The molecule has 0 aliphatic carbocycles. The molecule has 144 valence electrons. The number of fused-ring (bicyclic) bond motifs is 1. The SMILES string of the molecule is CC(C)CC(=O)NNC(=O)c1ccc(CN2C(=O)c3ccccc3C2=O)cc1. The minimum atomic E-state index is -0.440. The van der Waals surface area contributed by atoms with Gasteiger partial charge in [-0.2, -0.15) is 0 Å². The molecule has 1 aliphatic rings. The molecule has 2 aromatic rings. The van der Waals surface area contributed by atoms with Crippen LogP contribution in [0, 0.1) is 5.92 Å². The molecule has 3 rings (SSSR count). The quantitative estimate of drug-likeness (QED) is 0.615. The first kappa shape index (κ1) is 19.3. The molecule has 0 saturated carbocycles. The van der Waals surface area contributed by atoms with E-state index in [-0.39, 0.29) is 30.2 Å². The van der Waals surface area contributed by atoms with Gasteiger partial charge in [0.15, 0.2) is 0 Å². The molecule has 4 amide bonds. The number of carbonyl (C=O) groups excluding carboxylic acids is 4. The number of nitrogens with zero attached hydrogens (tertiary/aromatic N) is 1. The van der Waals surface area contributed by atoms with Crippen molar-refractivity contribution in [3.05, 3.63) is 70.8 Å². The van der Waals surface area contributed by atoms with Gasteiger partial charge in [-0.1, -0.05) is 38.1 Å². The molecule has 0 fully saturated rings. The van der Waals surface area contributed by atoms with Crippen molar-refractivity contribution in [2.24, 2.45) is 5.92 Å². The molecular weight excluding hydrogens is 358 g/mol. The van der Waals surface area contributed by atoms with E-state index in [0.717, 1.165) is 5.56 Å². The highest BCUT2D eigenvalue weighted by molar-refractivity contribution is 6.21. The van der Waals surface area contributed by atoms with Gasteiger partial charge in [0, 0.05) is 12.0 Å². The Morgan fingerprint density at radius 2 is 1.46 bits per heavy atom. The summed E-state index contributed by atoms with van der Waals surface area (Å²) in [5.41, 5.74) is 6.62. The lowest BCUT2D eigenvalue weighted by Crippen LogP contribution is -2.42. The van der Waals surface area contributed by atoms with E-state index in [4.69, 9.17) is 0 Å². The minimum Gasteiger partial charge on any atom is -0.273 e. The molecule has 1 aliphatic heterocycles. The summed E-state index contributed by atoms with van der Waals surface area (Å²) in [5.74, 6) is -1.15. The van der Waals surface area contributed by atoms with Crippen LogP contribution in [0.1, 0.15) is 56.9 Å². The first-order valence-corrected chi connectivity index (χ1v) is 9.00. The van der Waals surface area contributed by atoms with Crippen molar-refractivity contribution in [1.82, 2.24) is 15.8 Å². The average Bonchev–Trinajstić information content (AvgIpc) is 2.91. The van der Waals surface area contributed by atoms with Crippen molar-refractivity contribution < 1.29 is 19.2 Å². The van der Waals surface area contributed by atoms with Gasteiger partial charge < -0.3 is 0 Å². The van der Waals surface area contributed by atoms with Crippen LogP contribution in [-0.2, 0) is 11.3 Å². The van der Waals surface area contributed by atoms with Crippen LogP contribution in [0.15, 0.2) is 48.5 Å². The Morgan fingerprint density at radius 1 is 0.893 bits per heavy atom. The van der Waals surface area contributed by atoms with E-state index in [0.29, 0.717) is 23.1 Å². The third kappa shape index (κ3) is 4.09. The summed E-state index contributed by atoms with van der Waals surface area (Å²) >= 11 is 0. The van der Waals surface area contributed by atoms with Crippen LogP contribution in [0.2, 0.25) is 0 Å². The van der Waals surface area contributed by atoms with Crippen LogP contribution < -0.4 is 10.9 Å². The van der Waals surface area contributed by atoms with Crippen molar-refractivity contribution in [3.63, 3.8) is 0 Å². The smallest absolute Gasteiger partial charge is 0.269 e. The van der Waals surface area contributed by atoms with E-state index in [1.54, 1.807) is 48.5 Å².